The average molecular weight is 417 g/mol. The molecule has 4 aliphatic rings. The summed E-state index contributed by atoms with van der Waals surface area (Å²) in [7, 11) is 0. The first-order valence-electron chi connectivity index (χ1n) is 11.7. The Labute approximate surface area is 177 Å². The van der Waals surface area contributed by atoms with Crippen molar-refractivity contribution in [1.82, 2.24) is 20.2 Å². The molecular weight excluding hydrogens is 383 g/mol. The molecule has 7 heteroatoms. The predicted octanol–water partition coefficient (Wildman–Crippen LogP) is 3.81. The summed E-state index contributed by atoms with van der Waals surface area (Å²) in [6.07, 6.45) is 9.94. The van der Waals surface area contributed by atoms with E-state index in [2.05, 4.69) is 22.3 Å². The first-order valence-corrected chi connectivity index (χ1v) is 11.7. The van der Waals surface area contributed by atoms with Crippen LogP contribution in [0.2, 0.25) is 0 Å². The Morgan fingerprint density at radius 3 is 2.70 bits per heavy atom. The van der Waals surface area contributed by atoms with Crippen molar-refractivity contribution in [2.24, 2.45) is 40.4 Å². The molecular formula is C23H33FN4O2. The molecule has 0 bridgehead atoms. The normalized spacial score (nSPS) is 47.8. The van der Waals surface area contributed by atoms with Gasteiger partial charge in [-0.05, 0) is 92.1 Å². The topological polar surface area (TPSA) is 77.7 Å². The quantitative estimate of drug-likeness (QED) is 0.698. The summed E-state index contributed by atoms with van der Waals surface area (Å²) >= 11 is 0. The van der Waals surface area contributed by atoms with Crippen LogP contribution in [0.5, 0.6) is 0 Å². The summed E-state index contributed by atoms with van der Waals surface area (Å²) in [4.78, 5) is 26.0. The van der Waals surface area contributed by atoms with E-state index in [-0.39, 0.29) is 40.9 Å². The van der Waals surface area contributed by atoms with Gasteiger partial charge in [0, 0.05) is 11.3 Å². The van der Waals surface area contributed by atoms with E-state index in [0.29, 0.717) is 31.1 Å². The van der Waals surface area contributed by atoms with Gasteiger partial charge in [-0.15, -0.1) is 10.2 Å². The summed E-state index contributed by atoms with van der Waals surface area (Å²) in [6, 6.07) is 0. The number of rotatable bonds is 4. The van der Waals surface area contributed by atoms with Crippen molar-refractivity contribution in [3.63, 3.8) is 0 Å². The van der Waals surface area contributed by atoms with Crippen molar-refractivity contribution in [1.29, 1.82) is 0 Å². The summed E-state index contributed by atoms with van der Waals surface area (Å²) in [5.74, 6) is 1.10. The van der Waals surface area contributed by atoms with Crippen molar-refractivity contribution < 1.29 is 14.0 Å². The molecule has 164 valence electrons. The number of alkyl halides is 1. The third kappa shape index (κ3) is 2.90. The molecule has 0 amide bonds. The molecule has 0 aromatic carbocycles. The molecule has 4 fully saturated rings. The fraction of sp³-hybridized carbons (Fsp3) is 0.870. The van der Waals surface area contributed by atoms with Crippen molar-refractivity contribution in [3.8, 4) is 0 Å². The fourth-order valence-corrected chi connectivity index (χ4v) is 8.17. The Kier molecular flexibility index (Phi) is 4.67. The number of aldehydes is 1. The van der Waals surface area contributed by atoms with Gasteiger partial charge in [0.1, 0.15) is 18.5 Å². The Morgan fingerprint density at radius 2 is 1.97 bits per heavy atom. The van der Waals surface area contributed by atoms with Crippen LogP contribution in [-0.4, -0.2) is 37.9 Å². The van der Waals surface area contributed by atoms with Gasteiger partial charge in [0.25, 0.3) is 0 Å². The van der Waals surface area contributed by atoms with Crippen molar-refractivity contribution in [2.45, 2.75) is 83.8 Å². The van der Waals surface area contributed by atoms with Gasteiger partial charge >= 0.3 is 0 Å². The molecule has 4 aliphatic carbocycles. The lowest BCUT2D eigenvalue weighted by Gasteiger charge is -2.59. The number of aromatic nitrogens is 4. The van der Waals surface area contributed by atoms with Gasteiger partial charge in [-0.1, -0.05) is 13.8 Å². The lowest BCUT2D eigenvalue weighted by Crippen LogP contribution is -2.58. The highest BCUT2D eigenvalue weighted by Crippen LogP contribution is 2.67. The fourth-order valence-electron chi connectivity index (χ4n) is 8.17. The van der Waals surface area contributed by atoms with Crippen LogP contribution in [0.25, 0.3) is 0 Å². The van der Waals surface area contributed by atoms with Crippen LogP contribution >= 0.6 is 0 Å². The summed E-state index contributed by atoms with van der Waals surface area (Å²) in [5.41, 5.74) is -1.52. The molecule has 2 unspecified atom stereocenters. The number of hydrogen-bond acceptors (Lipinski definition) is 5. The van der Waals surface area contributed by atoms with E-state index >= 15 is 4.39 Å². The number of Topliss-reactive ketones (excluding diaryl/α,β-unsaturated/α-hetero) is 1. The van der Waals surface area contributed by atoms with Crippen LogP contribution in [-0.2, 0) is 16.1 Å². The van der Waals surface area contributed by atoms with Crippen molar-refractivity contribution >= 4 is 12.1 Å². The van der Waals surface area contributed by atoms with Gasteiger partial charge < -0.3 is 4.79 Å². The van der Waals surface area contributed by atoms with Crippen LogP contribution < -0.4 is 0 Å². The molecule has 1 heterocycles. The van der Waals surface area contributed by atoms with Crippen LogP contribution in [0.1, 0.15) is 71.6 Å². The van der Waals surface area contributed by atoms with Crippen LogP contribution in [0, 0.1) is 40.4 Å². The van der Waals surface area contributed by atoms with E-state index in [1.807, 2.05) is 6.92 Å². The lowest BCUT2D eigenvalue weighted by atomic mass is 9.47. The van der Waals surface area contributed by atoms with Crippen LogP contribution in [0.15, 0.2) is 6.33 Å². The van der Waals surface area contributed by atoms with Crippen molar-refractivity contribution in [2.75, 3.05) is 0 Å². The minimum absolute atomic E-state index is 0.00689. The first-order chi connectivity index (χ1) is 14.3. The summed E-state index contributed by atoms with van der Waals surface area (Å²) in [5, 5.41) is 11.5. The second-order valence-electron chi connectivity index (χ2n) is 11.2. The molecule has 5 rings (SSSR count). The molecule has 1 aromatic heterocycles. The molecule has 0 aliphatic heterocycles. The van der Waals surface area contributed by atoms with Gasteiger partial charge in [-0.3, -0.25) is 4.79 Å². The van der Waals surface area contributed by atoms with E-state index in [1.165, 1.54) is 11.1 Å². The number of halogens is 1. The average Bonchev–Trinajstić information content (AvgIpc) is 3.35. The smallest absolute Gasteiger partial charge is 0.162 e. The second-order valence-corrected chi connectivity index (χ2v) is 11.2. The molecule has 4 saturated carbocycles. The molecule has 0 spiro atoms. The SMILES string of the molecule is C[C@@]1(C=O)CC[C@]2(F)C3CC[C@@]4(C)C(CC[C@@H]4C(=O)Cn4ncnn4)[C@@H]3CC[C@@H]2C1. The number of fused-ring (bicyclic) bond motifs is 5. The summed E-state index contributed by atoms with van der Waals surface area (Å²) in [6.45, 7) is 4.46. The maximum absolute atomic E-state index is 16.5. The molecule has 0 radical (unpaired) electrons. The molecule has 1 aromatic rings. The Bertz CT molecular complexity index is 831. The summed E-state index contributed by atoms with van der Waals surface area (Å²) < 4.78 is 16.5. The first kappa shape index (κ1) is 20.3. The Morgan fingerprint density at radius 1 is 1.13 bits per heavy atom. The number of ketones is 1. The minimum Gasteiger partial charge on any atom is -0.303 e. The maximum atomic E-state index is 16.5. The highest BCUT2D eigenvalue weighted by atomic mass is 19.1. The highest BCUT2D eigenvalue weighted by molar-refractivity contribution is 5.81. The number of nitrogens with zero attached hydrogens (tertiary/aromatic N) is 4. The number of hydrogen-bond donors (Lipinski definition) is 0. The molecule has 30 heavy (non-hydrogen) atoms. The van der Waals surface area contributed by atoms with E-state index in [1.54, 1.807) is 0 Å². The molecule has 8 atom stereocenters. The van der Waals surface area contributed by atoms with Gasteiger partial charge in [0.15, 0.2) is 12.1 Å². The second kappa shape index (κ2) is 6.92. The van der Waals surface area contributed by atoms with Crippen molar-refractivity contribution in [3.05, 3.63) is 6.33 Å². The van der Waals surface area contributed by atoms with E-state index in [4.69, 9.17) is 0 Å². The standard InChI is InChI=1S/C23H33FN4O2/c1-21(13-29)9-10-23(24)15(11-21)3-4-16-17-5-6-19(22(17,2)8-7-18(16)23)20(30)12-28-26-14-25-27-28/h13-19H,3-12H2,1-2H3/t15-,16+,17?,18?,19-,21-,22+,23-/m1/s1. The number of carbonyl (C=O) groups excluding carboxylic acids is 2. The van der Waals surface area contributed by atoms with E-state index in [9.17, 15) is 9.59 Å². The molecule has 6 nitrogen and oxygen atoms in total. The van der Waals surface area contributed by atoms with Crippen LogP contribution in [0.3, 0.4) is 0 Å². The highest BCUT2D eigenvalue weighted by Gasteiger charge is 2.63. The zero-order chi connectivity index (χ0) is 21.1. The Balaban J connectivity index is 1.35. The van der Waals surface area contributed by atoms with E-state index in [0.717, 1.165) is 44.8 Å². The Hall–Kier alpha value is -1.66. The van der Waals surface area contributed by atoms with E-state index < -0.39 is 5.67 Å². The van der Waals surface area contributed by atoms with Gasteiger partial charge in [0.05, 0.1) is 0 Å². The third-order valence-electron chi connectivity index (χ3n) is 9.73. The maximum Gasteiger partial charge on any atom is 0.162 e. The zero-order valence-corrected chi connectivity index (χ0v) is 18.1. The predicted molar refractivity (Wildman–Crippen MR) is 108 cm³/mol. The number of carbonyl (C=O) groups is 2. The largest absolute Gasteiger partial charge is 0.303 e. The lowest BCUT2D eigenvalue weighted by molar-refractivity contribution is -0.156. The zero-order valence-electron chi connectivity index (χ0n) is 18.1. The van der Waals surface area contributed by atoms with Gasteiger partial charge in [-0.2, -0.15) is 4.80 Å². The monoisotopic (exact) mass is 416 g/mol. The molecule has 0 N–H and O–H groups in total. The minimum atomic E-state index is -1.13. The van der Waals surface area contributed by atoms with Gasteiger partial charge in [0.2, 0.25) is 0 Å². The molecule has 0 saturated heterocycles. The van der Waals surface area contributed by atoms with Crippen LogP contribution in [0.4, 0.5) is 4.39 Å². The number of tetrazole rings is 1. The third-order valence-corrected chi connectivity index (χ3v) is 9.73. The van der Waals surface area contributed by atoms with Gasteiger partial charge in [-0.25, -0.2) is 4.39 Å².